The van der Waals surface area contributed by atoms with Crippen LogP contribution in [0.1, 0.15) is 5.56 Å². The van der Waals surface area contributed by atoms with E-state index in [0.29, 0.717) is 23.9 Å². The van der Waals surface area contributed by atoms with Crippen molar-refractivity contribution in [3.8, 4) is 5.06 Å². The number of morpholine rings is 1. The Morgan fingerprint density at radius 2 is 2.10 bits per heavy atom. The first kappa shape index (κ1) is 21.8. The minimum absolute atomic E-state index is 0.0455. The monoisotopic (exact) mass is 509 g/mol. The summed E-state index contributed by atoms with van der Waals surface area (Å²) in [6, 6.07) is 7.85. The maximum atomic E-state index is 12.6. The highest BCUT2D eigenvalue weighted by atomic mass is 79.9. The van der Waals surface area contributed by atoms with Gasteiger partial charge in [0.25, 0.3) is 11.8 Å². The smallest absolute Gasteiger partial charge is 0.399 e. The number of aryl methyl sites for hydroxylation is 1. The topological polar surface area (TPSA) is 108 Å². The zero-order valence-corrected chi connectivity index (χ0v) is 18.9. The number of aliphatic hydroxyl groups is 1. The van der Waals surface area contributed by atoms with Crippen LogP contribution in [0.25, 0.3) is 0 Å². The van der Waals surface area contributed by atoms with E-state index in [1.807, 2.05) is 6.92 Å². The molecule has 2 unspecified atom stereocenters. The van der Waals surface area contributed by atoms with E-state index in [9.17, 15) is 19.5 Å². The largest absolute Gasteiger partial charge is 0.413 e. The van der Waals surface area contributed by atoms with Crippen molar-refractivity contribution < 1.29 is 29.0 Å². The first-order valence-electron chi connectivity index (χ1n) is 9.55. The molecule has 3 heterocycles. The fraction of sp³-hybridized carbons (Fsp3) is 0.350. The zero-order chi connectivity index (χ0) is 22.1. The average molecular weight is 510 g/mol. The predicted molar refractivity (Wildman–Crippen MR) is 118 cm³/mol. The van der Waals surface area contributed by atoms with Crippen molar-refractivity contribution in [3.63, 3.8) is 0 Å². The lowest BCUT2D eigenvalue weighted by molar-refractivity contribution is -0.126. The Labute approximate surface area is 190 Å². The molecule has 2 atom stereocenters. The third-order valence-electron chi connectivity index (χ3n) is 5.09. The number of ether oxygens (including phenoxy) is 2. The SMILES string of the molecule is Cc1cc(N2CC(NC(=O)Oc3ccc(Br)s3)C(O)C2=O)ccc1N1CCOCC1=O. The van der Waals surface area contributed by atoms with Crippen molar-refractivity contribution in [2.75, 3.05) is 36.1 Å². The number of rotatable bonds is 4. The molecule has 2 aromatic rings. The molecule has 2 fully saturated rings. The van der Waals surface area contributed by atoms with Crippen LogP contribution in [-0.4, -0.2) is 61.5 Å². The molecule has 2 N–H and O–H groups in total. The number of hydrogen-bond acceptors (Lipinski definition) is 7. The van der Waals surface area contributed by atoms with Gasteiger partial charge < -0.3 is 29.7 Å². The van der Waals surface area contributed by atoms with Crippen LogP contribution in [0.3, 0.4) is 0 Å². The van der Waals surface area contributed by atoms with Gasteiger partial charge in [0.05, 0.1) is 16.4 Å². The van der Waals surface area contributed by atoms with E-state index < -0.39 is 24.1 Å². The van der Waals surface area contributed by atoms with Gasteiger partial charge in [0.1, 0.15) is 6.61 Å². The maximum Gasteiger partial charge on any atom is 0.413 e. The molecule has 0 saturated carbocycles. The molecule has 164 valence electrons. The maximum absolute atomic E-state index is 12.6. The second-order valence-corrected chi connectivity index (χ2v) is 9.59. The van der Waals surface area contributed by atoms with Crippen LogP contribution in [0, 0.1) is 6.92 Å². The zero-order valence-electron chi connectivity index (χ0n) is 16.5. The third-order valence-corrected chi connectivity index (χ3v) is 6.59. The second-order valence-electron chi connectivity index (χ2n) is 7.16. The van der Waals surface area contributed by atoms with Crippen molar-refractivity contribution >= 4 is 56.5 Å². The number of benzene rings is 1. The van der Waals surface area contributed by atoms with Crippen molar-refractivity contribution in [3.05, 3.63) is 39.7 Å². The first-order valence-corrected chi connectivity index (χ1v) is 11.2. The van der Waals surface area contributed by atoms with Crippen LogP contribution in [0.4, 0.5) is 16.2 Å². The summed E-state index contributed by atoms with van der Waals surface area (Å²) in [5.74, 6) is -0.630. The Balaban J connectivity index is 1.45. The Morgan fingerprint density at radius 3 is 2.77 bits per heavy atom. The molecular formula is C20H20BrN3O6S. The quantitative estimate of drug-likeness (QED) is 0.652. The van der Waals surface area contributed by atoms with Crippen molar-refractivity contribution in [1.29, 1.82) is 0 Å². The van der Waals surface area contributed by atoms with E-state index in [1.54, 1.807) is 35.2 Å². The van der Waals surface area contributed by atoms with Gasteiger partial charge in [-0.2, -0.15) is 0 Å². The average Bonchev–Trinajstić information content (AvgIpc) is 3.26. The number of nitrogens with one attached hydrogen (secondary N) is 1. The van der Waals surface area contributed by atoms with Gasteiger partial charge in [0.15, 0.2) is 11.2 Å². The summed E-state index contributed by atoms with van der Waals surface area (Å²) in [4.78, 5) is 39.9. The van der Waals surface area contributed by atoms with E-state index in [0.717, 1.165) is 15.0 Å². The molecule has 4 rings (SSSR count). The summed E-state index contributed by atoms with van der Waals surface area (Å²) in [5.41, 5.74) is 2.14. The second kappa shape index (κ2) is 8.95. The van der Waals surface area contributed by atoms with Crippen molar-refractivity contribution in [1.82, 2.24) is 5.32 Å². The molecule has 0 spiro atoms. The molecule has 3 amide bonds. The molecule has 1 aromatic carbocycles. The highest BCUT2D eigenvalue weighted by Crippen LogP contribution is 2.30. The third kappa shape index (κ3) is 4.59. The number of halogens is 1. The van der Waals surface area contributed by atoms with E-state index in [-0.39, 0.29) is 19.1 Å². The van der Waals surface area contributed by atoms with Gasteiger partial charge in [-0.1, -0.05) is 11.3 Å². The number of thiophene rings is 1. The Bertz CT molecular complexity index is 1030. The minimum Gasteiger partial charge on any atom is -0.399 e. The lowest BCUT2D eigenvalue weighted by Gasteiger charge is -2.29. The molecule has 0 aliphatic carbocycles. The number of aliphatic hydroxyl groups excluding tert-OH is 1. The van der Waals surface area contributed by atoms with Gasteiger partial charge in [-0.15, -0.1) is 0 Å². The molecule has 2 aliphatic rings. The first-order chi connectivity index (χ1) is 14.8. The molecule has 9 nitrogen and oxygen atoms in total. The lowest BCUT2D eigenvalue weighted by Crippen LogP contribution is -2.44. The van der Waals surface area contributed by atoms with Crippen LogP contribution in [0.15, 0.2) is 34.1 Å². The number of hydrogen-bond donors (Lipinski definition) is 2. The Hall–Kier alpha value is -2.47. The number of anilines is 2. The van der Waals surface area contributed by atoms with Crippen LogP contribution in [0.5, 0.6) is 5.06 Å². The van der Waals surface area contributed by atoms with Gasteiger partial charge in [-0.3, -0.25) is 9.59 Å². The van der Waals surface area contributed by atoms with Crippen molar-refractivity contribution in [2.45, 2.75) is 19.1 Å². The summed E-state index contributed by atoms with van der Waals surface area (Å²) in [7, 11) is 0. The fourth-order valence-corrected chi connectivity index (χ4v) is 4.78. The van der Waals surface area contributed by atoms with E-state index in [4.69, 9.17) is 9.47 Å². The number of carbonyl (C=O) groups is 3. The van der Waals surface area contributed by atoms with Crippen LogP contribution in [-0.2, 0) is 14.3 Å². The number of nitrogens with zero attached hydrogens (tertiary/aromatic N) is 2. The van der Waals surface area contributed by atoms with E-state index in [2.05, 4.69) is 21.2 Å². The van der Waals surface area contributed by atoms with Crippen LogP contribution >= 0.6 is 27.3 Å². The Kier molecular flexibility index (Phi) is 6.28. The molecular weight excluding hydrogens is 490 g/mol. The molecule has 1 aromatic heterocycles. The summed E-state index contributed by atoms with van der Waals surface area (Å²) in [6.07, 6.45) is -2.13. The molecule has 11 heteroatoms. The molecule has 31 heavy (non-hydrogen) atoms. The van der Waals surface area contributed by atoms with Crippen LogP contribution in [0.2, 0.25) is 0 Å². The summed E-state index contributed by atoms with van der Waals surface area (Å²) < 4.78 is 11.2. The molecule has 2 aliphatic heterocycles. The Morgan fingerprint density at radius 1 is 1.29 bits per heavy atom. The fourth-order valence-electron chi connectivity index (χ4n) is 3.58. The normalized spacial score (nSPS) is 21.5. The van der Waals surface area contributed by atoms with Gasteiger partial charge in [-0.25, -0.2) is 4.79 Å². The van der Waals surface area contributed by atoms with Gasteiger partial charge in [0.2, 0.25) is 0 Å². The summed E-state index contributed by atoms with van der Waals surface area (Å²) >= 11 is 4.53. The van der Waals surface area contributed by atoms with Crippen LogP contribution < -0.4 is 19.9 Å². The highest BCUT2D eigenvalue weighted by Gasteiger charge is 2.41. The minimum atomic E-state index is -1.39. The van der Waals surface area contributed by atoms with E-state index >= 15 is 0 Å². The standard InChI is InChI=1S/C20H20BrN3O6S/c1-11-8-12(2-3-14(11)23-6-7-29-10-16(23)25)24-9-13(18(26)19(24)27)22-20(28)30-17-5-4-15(21)31-17/h2-5,8,13,18,26H,6-7,9-10H2,1H3,(H,22,28). The van der Waals surface area contributed by atoms with Gasteiger partial charge in [0, 0.05) is 24.5 Å². The molecule has 0 bridgehead atoms. The molecule has 0 radical (unpaired) electrons. The van der Waals surface area contributed by atoms with Gasteiger partial charge in [-0.05, 0) is 58.7 Å². The summed E-state index contributed by atoms with van der Waals surface area (Å²) in [6.45, 7) is 2.93. The number of carbonyl (C=O) groups excluding carboxylic acids is 3. The molecule has 2 saturated heterocycles. The highest BCUT2D eigenvalue weighted by molar-refractivity contribution is 9.11. The summed E-state index contributed by atoms with van der Waals surface area (Å²) in [5, 5.41) is 13.3. The van der Waals surface area contributed by atoms with Gasteiger partial charge >= 0.3 is 6.09 Å². The van der Waals surface area contributed by atoms with Crippen molar-refractivity contribution in [2.24, 2.45) is 0 Å². The van der Waals surface area contributed by atoms with E-state index in [1.165, 1.54) is 16.2 Å². The lowest BCUT2D eigenvalue weighted by atomic mass is 10.1. The predicted octanol–water partition coefficient (Wildman–Crippen LogP) is 2.05. The number of amides is 3.